The number of rotatable bonds is 1. The van der Waals surface area contributed by atoms with E-state index in [4.69, 9.17) is 16.3 Å². The number of ether oxygens (including phenoxy) is 1. The van der Waals surface area contributed by atoms with Gasteiger partial charge in [0.15, 0.2) is 0 Å². The van der Waals surface area contributed by atoms with Crippen molar-refractivity contribution in [3.05, 3.63) is 11.1 Å². The molecule has 0 saturated carbocycles. The lowest BCUT2D eigenvalue weighted by molar-refractivity contribution is -0.122. The number of nitrogens with zero attached hydrogens (tertiary/aromatic N) is 4. The third kappa shape index (κ3) is 2.41. The summed E-state index contributed by atoms with van der Waals surface area (Å²) in [5.41, 5.74) is -0.205. The van der Waals surface area contributed by atoms with Gasteiger partial charge < -0.3 is 15.0 Å². The molecule has 1 aromatic rings. The van der Waals surface area contributed by atoms with Crippen LogP contribution in [0.15, 0.2) is 0 Å². The molecule has 0 aliphatic carbocycles. The largest absolute Gasteiger partial charge is 0.371 e. The standard InChI is InChI=1S/C14H20ClN5O2/c1-19-13(15)17-11(18-19)12(21)20-4-5-22-14(8-20)6-9-2-3-10(7-14)16-9/h9-10,16H,2-8H2,1H3. The molecule has 8 heteroatoms. The van der Waals surface area contributed by atoms with Crippen LogP contribution in [0.25, 0.3) is 0 Å². The zero-order valence-corrected chi connectivity index (χ0v) is 13.3. The summed E-state index contributed by atoms with van der Waals surface area (Å²) < 4.78 is 7.54. The Morgan fingerprint density at radius 2 is 2.14 bits per heavy atom. The van der Waals surface area contributed by atoms with Gasteiger partial charge in [-0.25, -0.2) is 4.68 Å². The Bertz CT molecular complexity index is 573. The van der Waals surface area contributed by atoms with Gasteiger partial charge in [-0.3, -0.25) is 4.79 Å². The maximum absolute atomic E-state index is 12.6. The maximum Gasteiger partial charge on any atom is 0.293 e. The van der Waals surface area contributed by atoms with Crippen molar-refractivity contribution in [3.8, 4) is 0 Å². The van der Waals surface area contributed by atoms with E-state index in [-0.39, 0.29) is 22.6 Å². The Morgan fingerprint density at radius 1 is 1.41 bits per heavy atom. The lowest BCUT2D eigenvalue weighted by atomic mass is 9.85. The number of piperidine rings is 1. The second kappa shape index (κ2) is 5.18. The van der Waals surface area contributed by atoms with Gasteiger partial charge in [-0.05, 0) is 37.3 Å². The number of aryl methyl sites for hydroxylation is 1. The minimum absolute atomic E-state index is 0.156. The van der Waals surface area contributed by atoms with Crippen LogP contribution in [0.5, 0.6) is 0 Å². The van der Waals surface area contributed by atoms with E-state index < -0.39 is 0 Å². The molecule has 1 spiro atoms. The molecule has 0 aromatic carbocycles. The van der Waals surface area contributed by atoms with Crippen molar-refractivity contribution in [2.45, 2.75) is 43.4 Å². The topological polar surface area (TPSA) is 72.3 Å². The van der Waals surface area contributed by atoms with Crippen molar-refractivity contribution >= 4 is 17.5 Å². The van der Waals surface area contributed by atoms with Crippen LogP contribution < -0.4 is 5.32 Å². The lowest BCUT2D eigenvalue weighted by Gasteiger charge is -2.47. The molecule has 4 rings (SSSR count). The summed E-state index contributed by atoms with van der Waals surface area (Å²) in [6.07, 6.45) is 4.37. The van der Waals surface area contributed by atoms with Crippen LogP contribution in [0.1, 0.15) is 36.3 Å². The fourth-order valence-electron chi connectivity index (χ4n) is 4.07. The number of aromatic nitrogens is 3. The highest BCUT2D eigenvalue weighted by Gasteiger charge is 2.47. The molecule has 22 heavy (non-hydrogen) atoms. The van der Waals surface area contributed by atoms with E-state index in [1.54, 1.807) is 7.05 Å². The zero-order chi connectivity index (χ0) is 15.3. The van der Waals surface area contributed by atoms with Crippen LogP contribution in [0.3, 0.4) is 0 Å². The average Bonchev–Trinajstić information content (AvgIpc) is 3.01. The number of halogens is 1. The van der Waals surface area contributed by atoms with Gasteiger partial charge >= 0.3 is 0 Å². The second-order valence-electron chi connectivity index (χ2n) is 6.63. The first kappa shape index (κ1) is 14.4. The zero-order valence-electron chi connectivity index (χ0n) is 12.6. The van der Waals surface area contributed by atoms with Crippen molar-refractivity contribution in [2.24, 2.45) is 7.05 Å². The van der Waals surface area contributed by atoms with Gasteiger partial charge in [-0.15, -0.1) is 5.10 Å². The van der Waals surface area contributed by atoms with Gasteiger partial charge in [0.05, 0.1) is 18.8 Å². The first-order chi connectivity index (χ1) is 10.5. The first-order valence-corrected chi connectivity index (χ1v) is 8.18. The van der Waals surface area contributed by atoms with Crippen LogP contribution in [-0.4, -0.2) is 63.0 Å². The van der Waals surface area contributed by atoms with E-state index in [1.807, 2.05) is 4.90 Å². The Kier molecular flexibility index (Phi) is 3.39. The Balaban J connectivity index is 1.52. The molecule has 7 nitrogen and oxygen atoms in total. The highest BCUT2D eigenvalue weighted by molar-refractivity contribution is 6.28. The van der Waals surface area contributed by atoms with Crippen molar-refractivity contribution < 1.29 is 9.53 Å². The van der Waals surface area contributed by atoms with Crippen molar-refractivity contribution in [2.75, 3.05) is 19.7 Å². The van der Waals surface area contributed by atoms with Crippen LogP contribution in [0, 0.1) is 0 Å². The van der Waals surface area contributed by atoms with E-state index in [9.17, 15) is 4.79 Å². The summed E-state index contributed by atoms with van der Waals surface area (Å²) in [5, 5.41) is 7.94. The third-order valence-electron chi connectivity index (χ3n) is 5.01. The van der Waals surface area contributed by atoms with Crippen molar-refractivity contribution in [3.63, 3.8) is 0 Å². The van der Waals surface area contributed by atoms with E-state index in [0.717, 1.165) is 12.8 Å². The van der Waals surface area contributed by atoms with Crippen molar-refractivity contribution in [1.82, 2.24) is 25.0 Å². The number of nitrogens with one attached hydrogen (secondary N) is 1. The summed E-state index contributed by atoms with van der Waals surface area (Å²) in [6, 6.07) is 1.05. The molecule has 2 unspecified atom stereocenters. The molecule has 1 aromatic heterocycles. The van der Waals surface area contributed by atoms with Gasteiger partial charge in [0.2, 0.25) is 11.1 Å². The smallest absolute Gasteiger partial charge is 0.293 e. The molecule has 2 atom stereocenters. The summed E-state index contributed by atoms with van der Waals surface area (Å²) in [6.45, 7) is 1.78. The van der Waals surface area contributed by atoms with Crippen LogP contribution >= 0.6 is 11.6 Å². The van der Waals surface area contributed by atoms with Gasteiger partial charge in [0.25, 0.3) is 5.91 Å². The van der Waals surface area contributed by atoms with E-state index in [0.29, 0.717) is 31.8 Å². The van der Waals surface area contributed by atoms with Gasteiger partial charge in [0, 0.05) is 25.7 Å². The maximum atomic E-state index is 12.6. The molecule has 3 aliphatic heterocycles. The van der Waals surface area contributed by atoms with Crippen LogP contribution in [0.2, 0.25) is 5.28 Å². The number of carbonyl (C=O) groups excluding carboxylic acids is 1. The predicted octanol–water partition coefficient (Wildman–Crippen LogP) is 0.594. The summed E-state index contributed by atoms with van der Waals surface area (Å²) in [5.74, 6) is 0.0116. The SMILES string of the molecule is Cn1nc(C(=O)N2CCOC3(CC4CCC(C3)N4)C2)nc1Cl. The number of carbonyl (C=O) groups is 1. The summed E-state index contributed by atoms with van der Waals surface area (Å²) in [4.78, 5) is 18.5. The fraction of sp³-hybridized carbons (Fsp3) is 0.786. The minimum Gasteiger partial charge on any atom is -0.371 e. The molecule has 4 heterocycles. The number of hydrogen-bond acceptors (Lipinski definition) is 5. The number of fused-ring (bicyclic) bond motifs is 2. The Morgan fingerprint density at radius 3 is 2.77 bits per heavy atom. The lowest BCUT2D eigenvalue weighted by Crippen LogP contribution is -2.60. The number of amides is 1. The third-order valence-corrected chi connectivity index (χ3v) is 5.34. The second-order valence-corrected chi connectivity index (χ2v) is 6.97. The molecule has 3 fully saturated rings. The average molecular weight is 326 g/mol. The summed E-state index contributed by atoms with van der Waals surface area (Å²) in [7, 11) is 1.68. The van der Waals surface area contributed by atoms with Gasteiger partial charge in [-0.1, -0.05) is 0 Å². The number of morpholine rings is 1. The minimum atomic E-state index is -0.205. The van der Waals surface area contributed by atoms with Gasteiger partial charge in [0.1, 0.15) is 0 Å². The molecule has 3 saturated heterocycles. The molecule has 3 aliphatic rings. The quantitative estimate of drug-likeness (QED) is 0.818. The highest BCUT2D eigenvalue weighted by Crippen LogP contribution is 2.38. The van der Waals surface area contributed by atoms with Crippen LogP contribution in [0.4, 0.5) is 0 Å². The first-order valence-electron chi connectivity index (χ1n) is 7.80. The molecular formula is C14H20ClN5O2. The van der Waals surface area contributed by atoms with Crippen LogP contribution in [-0.2, 0) is 11.8 Å². The molecule has 120 valence electrons. The molecule has 2 bridgehead atoms. The van der Waals surface area contributed by atoms with Gasteiger partial charge in [-0.2, -0.15) is 4.98 Å². The Hall–Kier alpha value is -1.18. The Labute approximate surface area is 134 Å². The number of hydrogen-bond donors (Lipinski definition) is 1. The normalized spacial score (nSPS) is 34.4. The highest BCUT2D eigenvalue weighted by atomic mass is 35.5. The molecular weight excluding hydrogens is 306 g/mol. The molecule has 1 amide bonds. The molecule has 1 N–H and O–H groups in total. The van der Waals surface area contributed by atoms with E-state index in [2.05, 4.69) is 15.4 Å². The summed E-state index contributed by atoms with van der Waals surface area (Å²) >= 11 is 5.89. The van der Waals surface area contributed by atoms with Crippen molar-refractivity contribution in [1.29, 1.82) is 0 Å². The monoisotopic (exact) mass is 325 g/mol. The van der Waals surface area contributed by atoms with E-state index in [1.165, 1.54) is 17.5 Å². The molecule has 0 radical (unpaired) electrons. The van der Waals surface area contributed by atoms with E-state index >= 15 is 0 Å². The fourth-order valence-corrected chi connectivity index (χ4v) is 4.19. The predicted molar refractivity (Wildman–Crippen MR) is 79.8 cm³/mol.